The Balaban J connectivity index is 2.00. The first-order valence-electron chi connectivity index (χ1n) is 6.98. The molecule has 1 atom stereocenters. The molecule has 0 fully saturated rings. The van der Waals surface area contributed by atoms with Crippen LogP contribution in [0, 0.1) is 0 Å². The normalized spacial score (nSPS) is 12.7. The second-order valence-electron chi connectivity index (χ2n) is 4.81. The first-order chi connectivity index (χ1) is 9.88. The molecule has 1 aromatic carbocycles. The van der Waals surface area contributed by atoms with Crippen LogP contribution in [-0.2, 0) is 6.42 Å². The van der Waals surface area contributed by atoms with E-state index in [0.29, 0.717) is 0 Å². The van der Waals surface area contributed by atoms with E-state index in [-0.39, 0.29) is 6.04 Å². The minimum Gasteiger partial charge on any atom is -0.469 e. The number of fused-ring (bicyclic) bond motifs is 1. The van der Waals surface area contributed by atoms with Crippen molar-refractivity contribution in [3.63, 3.8) is 0 Å². The van der Waals surface area contributed by atoms with Gasteiger partial charge >= 0.3 is 0 Å². The molecule has 2 aromatic heterocycles. The van der Waals surface area contributed by atoms with Crippen molar-refractivity contribution in [1.82, 2.24) is 10.3 Å². The van der Waals surface area contributed by atoms with Gasteiger partial charge in [-0.25, -0.2) is 0 Å². The maximum Gasteiger partial charge on any atom is 0.105 e. The highest BCUT2D eigenvalue weighted by Gasteiger charge is 2.16. The van der Waals surface area contributed by atoms with Crippen LogP contribution in [0.2, 0.25) is 0 Å². The van der Waals surface area contributed by atoms with Crippen LogP contribution in [0.3, 0.4) is 0 Å². The maximum absolute atomic E-state index is 5.48. The van der Waals surface area contributed by atoms with E-state index in [1.807, 2.05) is 18.3 Å². The van der Waals surface area contributed by atoms with Crippen molar-refractivity contribution < 1.29 is 4.42 Å². The summed E-state index contributed by atoms with van der Waals surface area (Å²) < 4.78 is 5.48. The molecule has 0 amide bonds. The highest BCUT2D eigenvalue weighted by molar-refractivity contribution is 5.84. The molecule has 0 aliphatic rings. The molecule has 3 heteroatoms. The van der Waals surface area contributed by atoms with Gasteiger partial charge in [-0.3, -0.25) is 4.98 Å². The molecule has 0 bridgehead atoms. The quantitative estimate of drug-likeness (QED) is 0.764. The van der Waals surface area contributed by atoms with E-state index < -0.39 is 0 Å². The topological polar surface area (TPSA) is 38.1 Å². The lowest BCUT2D eigenvalue weighted by molar-refractivity contribution is 0.451. The van der Waals surface area contributed by atoms with E-state index in [0.717, 1.165) is 24.4 Å². The fourth-order valence-corrected chi connectivity index (χ4v) is 2.56. The van der Waals surface area contributed by atoms with Gasteiger partial charge in [0.25, 0.3) is 0 Å². The highest BCUT2D eigenvalue weighted by atomic mass is 16.3. The lowest BCUT2D eigenvalue weighted by Crippen LogP contribution is -2.24. The summed E-state index contributed by atoms with van der Waals surface area (Å²) in [5.74, 6) is 0.977. The van der Waals surface area contributed by atoms with E-state index in [1.165, 1.54) is 10.8 Å². The third kappa shape index (κ3) is 2.58. The number of nitrogens with zero attached hydrogens (tertiary/aromatic N) is 1. The van der Waals surface area contributed by atoms with Crippen molar-refractivity contribution in [3.8, 4) is 0 Å². The molecule has 2 heterocycles. The van der Waals surface area contributed by atoms with E-state index in [1.54, 1.807) is 6.26 Å². The zero-order chi connectivity index (χ0) is 13.8. The Hall–Kier alpha value is -2.13. The van der Waals surface area contributed by atoms with Crippen LogP contribution >= 0.6 is 0 Å². The third-order valence-electron chi connectivity index (χ3n) is 3.47. The molecule has 3 aromatic rings. The number of likely N-dealkylation sites (N-methyl/N-ethyl adjacent to an activating group) is 1. The molecule has 0 radical (unpaired) electrons. The summed E-state index contributed by atoms with van der Waals surface area (Å²) in [6.45, 7) is 3.01. The zero-order valence-electron chi connectivity index (χ0n) is 11.5. The summed E-state index contributed by atoms with van der Waals surface area (Å²) in [6.07, 6.45) is 4.40. The number of furan rings is 1. The van der Waals surface area contributed by atoms with E-state index in [9.17, 15) is 0 Å². The van der Waals surface area contributed by atoms with Gasteiger partial charge in [0.2, 0.25) is 0 Å². The maximum atomic E-state index is 5.48. The fraction of sp³-hybridized carbons (Fsp3) is 0.235. The lowest BCUT2D eigenvalue weighted by Gasteiger charge is -2.18. The summed E-state index contributed by atoms with van der Waals surface area (Å²) in [6, 6.07) is 14.5. The van der Waals surface area contributed by atoms with Gasteiger partial charge in [0.1, 0.15) is 5.76 Å². The Bertz CT molecular complexity index is 671. The highest BCUT2D eigenvalue weighted by Crippen LogP contribution is 2.24. The smallest absolute Gasteiger partial charge is 0.105 e. The second kappa shape index (κ2) is 5.88. The van der Waals surface area contributed by atoms with Gasteiger partial charge in [-0.1, -0.05) is 31.2 Å². The molecule has 1 N–H and O–H groups in total. The van der Waals surface area contributed by atoms with Crippen LogP contribution in [0.4, 0.5) is 0 Å². The van der Waals surface area contributed by atoms with Crippen LogP contribution in [0.1, 0.15) is 24.4 Å². The molecule has 0 aliphatic heterocycles. The van der Waals surface area contributed by atoms with Crippen molar-refractivity contribution in [3.05, 3.63) is 66.4 Å². The predicted octanol–water partition coefficient (Wildman–Crippen LogP) is 3.72. The Morgan fingerprint density at radius 3 is 2.85 bits per heavy atom. The summed E-state index contributed by atoms with van der Waals surface area (Å²) in [5, 5.41) is 5.93. The van der Waals surface area contributed by atoms with Gasteiger partial charge in [-0.05, 0) is 30.1 Å². The number of benzene rings is 1. The molecular weight excluding hydrogens is 248 g/mol. The molecule has 0 aliphatic carbocycles. The summed E-state index contributed by atoms with van der Waals surface area (Å²) >= 11 is 0. The van der Waals surface area contributed by atoms with Crippen LogP contribution in [-0.4, -0.2) is 11.5 Å². The molecule has 0 saturated heterocycles. The standard InChI is InChI=1S/C17H18N2O/c1-2-18-16(12-14-7-5-11-20-14)17-15-8-4-3-6-13(15)9-10-19-17/h3-11,16,18H,2,12H2,1H3. The third-order valence-corrected chi connectivity index (χ3v) is 3.47. The van der Waals surface area contributed by atoms with Crippen LogP contribution in [0.25, 0.3) is 10.8 Å². The average molecular weight is 266 g/mol. The van der Waals surface area contributed by atoms with E-state index in [4.69, 9.17) is 4.42 Å². The second-order valence-corrected chi connectivity index (χ2v) is 4.81. The van der Waals surface area contributed by atoms with Gasteiger partial charge in [0.15, 0.2) is 0 Å². The van der Waals surface area contributed by atoms with E-state index in [2.05, 4.69) is 47.6 Å². The first kappa shape index (κ1) is 12.9. The Morgan fingerprint density at radius 2 is 2.05 bits per heavy atom. The summed E-state index contributed by atoms with van der Waals surface area (Å²) in [7, 11) is 0. The number of pyridine rings is 1. The molecule has 1 unspecified atom stereocenters. The minimum absolute atomic E-state index is 0.164. The Labute approximate surface area is 118 Å². The molecule has 102 valence electrons. The van der Waals surface area contributed by atoms with E-state index >= 15 is 0 Å². The monoisotopic (exact) mass is 266 g/mol. The minimum atomic E-state index is 0.164. The average Bonchev–Trinajstić information content (AvgIpc) is 2.99. The number of rotatable bonds is 5. The van der Waals surface area contributed by atoms with Crippen molar-refractivity contribution in [2.75, 3.05) is 6.54 Å². The van der Waals surface area contributed by atoms with Crippen LogP contribution in [0.15, 0.2) is 59.3 Å². The van der Waals surface area contributed by atoms with Crippen LogP contribution in [0.5, 0.6) is 0 Å². The van der Waals surface area contributed by atoms with Gasteiger partial charge in [-0.15, -0.1) is 0 Å². The Morgan fingerprint density at radius 1 is 1.15 bits per heavy atom. The van der Waals surface area contributed by atoms with Gasteiger partial charge < -0.3 is 9.73 Å². The summed E-state index contributed by atoms with van der Waals surface area (Å²) in [4.78, 5) is 4.60. The van der Waals surface area contributed by atoms with Crippen molar-refractivity contribution in [2.45, 2.75) is 19.4 Å². The zero-order valence-corrected chi connectivity index (χ0v) is 11.5. The number of aromatic nitrogens is 1. The van der Waals surface area contributed by atoms with Gasteiger partial charge in [0, 0.05) is 18.0 Å². The fourth-order valence-electron chi connectivity index (χ4n) is 2.56. The largest absolute Gasteiger partial charge is 0.469 e. The lowest BCUT2D eigenvalue weighted by atomic mass is 10.0. The molecule has 20 heavy (non-hydrogen) atoms. The molecular formula is C17H18N2O. The number of hydrogen-bond donors (Lipinski definition) is 1. The van der Waals surface area contributed by atoms with Crippen molar-refractivity contribution >= 4 is 10.8 Å². The Kier molecular flexibility index (Phi) is 3.79. The summed E-state index contributed by atoms with van der Waals surface area (Å²) in [5.41, 5.74) is 1.08. The van der Waals surface area contributed by atoms with Crippen LogP contribution < -0.4 is 5.32 Å². The number of nitrogens with one attached hydrogen (secondary N) is 1. The molecule has 0 spiro atoms. The van der Waals surface area contributed by atoms with Gasteiger partial charge in [0.05, 0.1) is 18.0 Å². The number of hydrogen-bond acceptors (Lipinski definition) is 3. The molecule has 3 rings (SSSR count). The molecule has 0 saturated carbocycles. The van der Waals surface area contributed by atoms with Crippen molar-refractivity contribution in [1.29, 1.82) is 0 Å². The predicted molar refractivity (Wildman–Crippen MR) is 80.6 cm³/mol. The SMILES string of the molecule is CCNC(Cc1ccco1)c1nccc2ccccc12. The first-order valence-corrected chi connectivity index (χ1v) is 6.98. The van der Waals surface area contributed by atoms with Crippen molar-refractivity contribution in [2.24, 2.45) is 0 Å². The molecule has 3 nitrogen and oxygen atoms in total. The van der Waals surface area contributed by atoms with Gasteiger partial charge in [-0.2, -0.15) is 0 Å².